The van der Waals surface area contributed by atoms with E-state index in [9.17, 15) is 31.9 Å². The van der Waals surface area contributed by atoms with Crippen LogP contribution in [0.2, 0.25) is 0 Å². The predicted octanol–water partition coefficient (Wildman–Crippen LogP) is 4.02. The Morgan fingerprint density at radius 1 is 1.16 bits per heavy atom. The van der Waals surface area contributed by atoms with E-state index in [4.69, 9.17) is 14.3 Å². The van der Waals surface area contributed by atoms with E-state index in [-0.39, 0.29) is 44.0 Å². The van der Waals surface area contributed by atoms with Gasteiger partial charge in [0, 0.05) is 37.0 Å². The number of hydrogen-bond donors (Lipinski definition) is 1. The fourth-order valence-corrected chi connectivity index (χ4v) is 6.10. The van der Waals surface area contributed by atoms with Crippen LogP contribution in [-0.4, -0.2) is 59.2 Å². The molecule has 1 spiro atoms. The van der Waals surface area contributed by atoms with Crippen molar-refractivity contribution in [3.63, 3.8) is 0 Å². The Labute approximate surface area is 254 Å². The van der Waals surface area contributed by atoms with Gasteiger partial charge in [0.1, 0.15) is 36.3 Å². The van der Waals surface area contributed by atoms with Crippen LogP contribution < -0.4 is 15.5 Å². The van der Waals surface area contributed by atoms with Gasteiger partial charge in [0.25, 0.3) is 11.8 Å². The molecule has 2 amide bonds. The number of alkyl halides is 1. The molecule has 1 aromatic heterocycles. The second-order valence-electron chi connectivity index (χ2n) is 11.1. The Morgan fingerprint density at radius 3 is 2.56 bits per heavy atom. The Hall–Kier alpha value is -4.88. The molecule has 0 radical (unpaired) electrons. The maximum atomic E-state index is 14.3. The topological polar surface area (TPSA) is 111 Å². The van der Waals surface area contributed by atoms with Crippen LogP contribution in [0.25, 0.3) is 0 Å². The third kappa shape index (κ3) is 5.38. The SMILES string of the molecule is COC1=NO[C@@]2(CC[C@H](CF)N3C[C@H]2n2cc(C(=O)NCc4c(F)cc(F)cc4F)c(=O)c(OCc4ccccc4)c2C3=O)C1. The number of amides is 2. The number of methoxy groups -OCH3 is 1. The number of oxime groups is 1. The van der Waals surface area contributed by atoms with Gasteiger partial charge in [-0.25, -0.2) is 17.6 Å². The quantitative estimate of drug-likeness (QED) is 0.396. The van der Waals surface area contributed by atoms with Gasteiger partial charge in [0.15, 0.2) is 17.0 Å². The lowest BCUT2D eigenvalue weighted by Crippen LogP contribution is -2.53. The number of ether oxygens (including phenoxy) is 2. The number of hydrogen-bond acceptors (Lipinski definition) is 7. The molecule has 236 valence electrons. The number of carbonyl (C=O) groups is 2. The zero-order valence-electron chi connectivity index (χ0n) is 24.0. The summed E-state index contributed by atoms with van der Waals surface area (Å²) in [4.78, 5) is 48.6. The van der Waals surface area contributed by atoms with Crippen LogP contribution in [0.5, 0.6) is 5.75 Å². The summed E-state index contributed by atoms with van der Waals surface area (Å²) in [5, 5.41) is 6.34. The van der Waals surface area contributed by atoms with Crippen LogP contribution in [-0.2, 0) is 22.7 Å². The van der Waals surface area contributed by atoms with E-state index in [2.05, 4.69) is 10.5 Å². The zero-order valence-corrected chi connectivity index (χ0v) is 24.0. The normalized spacial score (nSPS) is 21.9. The first-order valence-corrected chi connectivity index (χ1v) is 14.2. The first-order chi connectivity index (χ1) is 21.7. The summed E-state index contributed by atoms with van der Waals surface area (Å²) in [5.74, 6) is -5.44. The minimum absolute atomic E-state index is 0.0268. The van der Waals surface area contributed by atoms with Gasteiger partial charge in [-0.1, -0.05) is 35.5 Å². The van der Waals surface area contributed by atoms with E-state index in [1.807, 2.05) is 0 Å². The summed E-state index contributed by atoms with van der Waals surface area (Å²) in [6, 6.07) is 8.13. The fraction of sp³-hybridized carbons (Fsp3) is 0.355. The van der Waals surface area contributed by atoms with Crippen molar-refractivity contribution in [3.8, 4) is 5.75 Å². The monoisotopic (exact) mass is 628 g/mol. The van der Waals surface area contributed by atoms with Crippen molar-refractivity contribution in [2.45, 2.75) is 50.1 Å². The number of halogens is 4. The Bertz CT molecular complexity index is 1730. The molecule has 3 aliphatic rings. The molecule has 1 fully saturated rings. The van der Waals surface area contributed by atoms with Crippen LogP contribution >= 0.6 is 0 Å². The average molecular weight is 629 g/mol. The number of carbonyl (C=O) groups excluding carboxylic acids is 2. The van der Waals surface area contributed by atoms with Crippen molar-refractivity contribution >= 4 is 17.7 Å². The molecule has 0 aliphatic carbocycles. The van der Waals surface area contributed by atoms with E-state index in [1.165, 1.54) is 22.8 Å². The Balaban J connectivity index is 1.46. The van der Waals surface area contributed by atoms with E-state index in [1.54, 1.807) is 30.3 Å². The van der Waals surface area contributed by atoms with Gasteiger partial charge >= 0.3 is 0 Å². The summed E-state index contributed by atoms with van der Waals surface area (Å²) >= 11 is 0. The fourth-order valence-electron chi connectivity index (χ4n) is 6.10. The highest BCUT2D eigenvalue weighted by Crippen LogP contribution is 2.46. The predicted molar refractivity (Wildman–Crippen MR) is 151 cm³/mol. The maximum absolute atomic E-state index is 14.3. The first-order valence-electron chi connectivity index (χ1n) is 14.2. The van der Waals surface area contributed by atoms with Gasteiger partial charge in [-0.05, 0) is 18.4 Å². The van der Waals surface area contributed by atoms with Crippen LogP contribution in [0.3, 0.4) is 0 Å². The molecule has 14 heteroatoms. The zero-order chi connectivity index (χ0) is 31.9. The largest absolute Gasteiger partial charge is 0.483 e. The highest BCUT2D eigenvalue weighted by atomic mass is 19.1. The molecule has 3 aliphatic heterocycles. The molecule has 6 rings (SSSR count). The number of rotatable bonds is 7. The summed E-state index contributed by atoms with van der Waals surface area (Å²) in [6.07, 6.45) is 1.84. The smallest absolute Gasteiger partial charge is 0.274 e. The minimum atomic E-state index is -1.22. The lowest BCUT2D eigenvalue weighted by Gasteiger charge is -2.42. The lowest BCUT2D eigenvalue weighted by atomic mass is 9.85. The van der Waals surface area contributed by atoms with Crippen LogP contribution in [0.15, 0.2) is 58.6 Å². The van der Waals surface area contributed by atoms with Crippen molar-refractivity contribution in [1.82, 2.24) is 14.8 Å². The molecule has 1 saturated heterocycles. The molecule has 1 N–H and O–H groups in total. The molecule has 45 heavy (non-hydrogen) atoms. The molecule has 2 bridgehead atoms. The van der Waals surface area contributed by atoms with Crippen LogP contribution in [0.1, 0.15) is 57.3 Å². The van der Waals surface area contributed by atoms with Crippen LogP contribution in [0, 0.1) is 17.5 Å². The molecule has 3 aromatic rings. The standard InChI is InChI=1S/C31H28F4N4O6/c1-43-25-11-31(45-37-25)8-7-19(12-32)38-15-24(31)39-14-21(29(41)36-13-20-22(34)9-18(33)10-23(20)35)27(40)28(26(39)30(38)42)44-16-17-5-3-2-4-6-17/h2-6,9-10,14,19,24H,7-8,11-13,15-16H2,1H3,(H,36,41)/t19-,24-,31+/m1/s1. The summed E-state index contributed by atoms with van der Waals surface area (Å²) < 4.78 is 69.0. The van der Waals surface area contributed by atoms with Gasteiger partial charge in [-0.3, -0.25) is 14.4 Å². The first kappa shape index (κ1) is 30.2. The molecule has 3 atom stereocenters. The number of aromatic nitrogens is 1. The van der Waals surface area contributed by atoms with E-state index in [0.29, 0.717) is 17.7 Å². The summed E-state index contributed by atoms with van der Waals surface area (Å²) in [6.45, 7) is -1.72. The van der Waals surface area contributed by atoms with E-state index < -0.39 is 82.5 Å². The van der Waals surface area contributed by atoms with Crippen molar-refractivity contribution in [2.75, 3.05) is 20.3 Å². The molecule has 0 saturated carbocycles. The highest BCUT2D eigenvalue weighted by Gasteiger charge is 2.55. The highest BCUT2D eigenvalue weighted by molar-refractivity contribution is 5.99. The van der Waals surface area contributed by atoms with Gasteiger partial charge in [0.2, 0.25) is 11.3 Å². The van der Waals surface area contributed by atoms with Gasteiger partial charge < -0.3 is 29.1 Å². The number of pyridine rings is 1. The minimum Gasteiger partial charge on any atom is -0.483 e. The maximum Gasteiger partial charge on any atom is 0.274 e. The lowest BCUT2D eigenvalue weighted by molar-refractivity contribution is -0.0656. The number of fused-ring (bicyclic) bond motifs is 5. The Morgan fingerprint density at radius 2 is 1.89 bits per heavy atom. The third-order valence-electron chi connectivity index (χ3n) is 8.51. The van der Waals surface area contributed by atoms with Crippen molar-refractivity contribution in [2.24, 2.45) is 5.16 Å². The molecule has 4 heterocycles. The Kier molecular flexibility index (Phi) is 7.97. The second-order valence-corrected chi connectivity index (χ2v) is 11.1. The molecular weight excluding hydrogens is 600 g/mol. The molecule has 0 unspecified atom stereocenters. The third-order valence-corrected chi connectivity index (χ3v) is 8.51. The van der Waals surface area contributed by atoms with E-state index >= 15 is 0 Å². The van der Waals surface area contributed by atoms with Crippen molar-refractivity contribution < 1.29 is 41.5 Å². The van der Waals surface area contributed by atoms with E-state index in [0.717, 1.165) is 0 Å². The second kappa shape index (κ2) is 11.9. The molecular formula is C31H28F4N4O6. The number of nitrogens with one attached hydrogen (secondary N) is 1. The van der Waals surface area contributed by atoms with Crippen molar-refractivity contribution in [1.29, 1.82) is 0 Å². The van der Waals surface area contributed by atoms with Crippen LogP contribution in [0.4, 0.5) is 17.6 Å². The average Bonchev–Trinajstić information content (AvgIpc) is 3.39. The summed E-state index contributed by atoms with van der Waals surface area (Å²) in [7, 11) is 1.43. The molecule has 2 aromatic carbocycles. The number of benzene rings is 2. The van der Waals surface area contributed by atoms with Gasteiger partial charge in [0.05, 0.1) is 25.6 Å². The van der Waals surface area contributed by atoms with Gasteiger partial charge in [-0.2, -0.15) is 0 Å². The molecule has 10 nitrogen and oxygen atoms in total. The number of nitrogens with zero attached hydrogens (tertiary/aromatic N) is 3. The van der Waals surface area contributed by atoms with Crippen molar-refractivity contribution in [3.05, 3.63) is 98.7 Å². The summed E-state index contributed by atoms with van der Waals surface area (Å²) in [5.41, 5.74) is -2.73. The van der Waals surface area contributed by atoms with Gasteiger partial charge in [-0.15, -0.1) is 0 Å².